The summed E-state index contributed by atoms with van der Waals surface area (Å²) in [7, 11) is 0. The summed E-state index contributed by atoms with van der Waals surface area (Å²) in [4.78, 5) is 38.1. The quantitative estimate of drug-likeness (QED) is 0.0199. The van der Waals surface area contributed by atoms with Gasteiger partial charge in [-0.25, -0.2) is 0 Å². The molecule has 0 aliphatic heterocycles. The maximum absolute atomic E-state index is 12.8. The van der Waals surface area contributed by atoms with Crippen molar-refractivity contribution < 1.29 is 28.6 Å². The molecule has 0 heterocycles. The van der Waals surface area contributed by atoms with Gasteiger partial charge in [0.1, 0.15) is 13.2 Å². The average Bonchev–Trinajstić information content (AvgIpc) is 3.34. The molecule has 0 spiro atoms. The fourth-order valence-electron chi connectivity index (χ4n) is 6.94. The van der Waals surface area contributed by atoms with Gasteiger partial charge in [0.15, 0.2) is 6.10 Å². The first-order valence-corrected chi connectivity index (χ1v) is 27.3. The van der Waals surface area contributed by atoms with E-state index in [1.807, 2.05) is 24.3 Å². The molecule has 0 amide bonds. The smallest absolute Gasteiger partial charge is 0.306 e. The molecule has 1 unspecified atom stereocenters. The summed E-state index contributed by atoms with van der Waals surface area (Å²) in [5, 5.41) is 0. The van der Waals surface area contributed by atoms with E-state index in [4.69, 9.17) is 14.2 Å². The number of esters is 3. The third-order valence-electron chi connectivity index (χ3n) is 11.0. The first-order chi connectivity index (χ1) is 33.5. The van der Waals surface area contributed by atoms with Gasteiger partial charge in [0, 0.05) is 19.3 Å². The molecular formula is C62H98O6. The van der Waals surface area contributed by atoms with Gasteiger partial charge in [-0.1, -0.05) is 225 Å². The Morgan fingerprint density at radius 2 is 0.647 bits per heavy atom. The summed E-state index contributed by atoms with van der Waals surface area (Å²) in [5.74, 6) is -1.00. The summed E-state index contributed by atoms with van der Waals surface area (Å²) < 4.78 is 16.8. The van der Waals surface area contributed by atoms with Gasteiger partial charge >= 0.3 is 17.9 Å². The van der Waals surface area contributed by atoms with Crippen molar-refractivity contribution in [3.8, 4) is 0 Å². The van der Waals surface area contributed by atoms with Crippen molar-refractivity contribution >= 4 is 17.9 Å². The minimum Gasteiger partial charge on any atom is -0.462 e. The molecule has 0 aromatic heterocycles. The Morgan fingerprint density at radius 3 is 1.10 bits per heavy atom. The van der Waals surface area contributed by atoms with Gasteiger partial charge < -0.3 is 14.2 Å². The van der Waals surface area contributed by atoms with Crippen LogP contribution in [0, 0.1) is 0 Å². The largest absolute Gasteiger partial charge is 0.462 e. The number of carbonyl (C=O) groups excluding carboxylic acids is 3. The van der Waals surface area contributed by atoms with Crippen LogP contribution in [0.15, 0.2) is 134 Å². The molecule has 1 atom stereocenters. The number of ether oxygens (including phenoxy) is 3. The molecule has 0 aliphatic carbocycles. The molecule has 382 valence electrons. The Hall–Kier alpha value is -4.45. The van der Waals surface area contributed by atoms with E-state index >= 15 is 0 Å². The molecule has 0 saturated heterocycles. The highest BCUT2D eigenvalue weighted by molar-refractivity contribution is 5.71. The topological polar surface area (TPSA) is 78.9 Å². The lowest BCUT2D eigenvalue weighted by molar-refractivity contribution is -0.167. The summed E-state index contributed by atoms with van der Waals surface area (Å²) in [5.41, 5.74) is 0. The van der Waals surface area contributed by atoms with Crippen LogP contribution >= 0.6 is 0 Å². The molecule has 6 heteroatoms. The second-order valence-corrected chi connectivity index (χ2v) is 17.5. The fraction of sp³-hybridized carbons (Fsp3) is 0.597. The molecule has 0 aromatic carbocycles. The van der Waals surface area contributed by atoms with Crippen molar-refractivity contribution in [2.45, 2.75) is 226 Å². The molecule has 0 bridgehead atoms. The SMILES string of the molecule is CC\C=C/C=C\C=C/C=C\CCCCCCCC(=O)OCC(COC(=O)CCCCC/C=C\C/C=C\C/C=C\C/C=C\C/C=C\CC)OC(=O)CCCCC/C=C\C=C/CCCCCCCCC. The highest BCUT2D eigenvalue weighted by atomic mass is 16.6. The van der Waals surface area contributed by atoms with Gasteiger partial charge in [0.2, 0.25) is 0 Å². The lowest BCUT2D eigenvalue weighted by Gasteiger charge is -2.18. The molecule has 68 heavy (non-hydrogen) atoms. The normalized spacial score (nSPS) is 13.2. The summed E-state index contributed by atoms with van der Waals surface area (Å²) in [6.45, 7) is 6.29. The van der Waals surface area contributed by atoms with Crippen LogP contribution in [0.25, 0.3) is 0 Å². The van der Waals surface area contributed by atoms with Crippen molar-refractivity contribution in [3.63, 3.8) is 0 Å². The zero-order chi connectivity index (χ0) is 49.3. The molecule has 0 aromatic rings. The maximum atomic E-state index is 12.8. The molecule has 0 fully saturated rings. The predicted molar refractivity (Wildman–Crippen MR) is 292 cm³/mol. The lowest BCUT2D eigenvalue weighted by atomic mass is 10.1. The molecule has 0 radical (unpaired) electrons. The van der Waals surface area contributed by atoms with Gasteiger partial charge in [-0.15, -0.1) is 0 Å². The van der Waals surface area contributed by atoms with E-state index in [1.54, 1.807) is 0 Å². The summed E-state index contributed by atoms with van der Waals surface area (Å²) in [6.07, 6.45) is 77.2. The van der Waals surface area contributed by atoms with Crippen LogP contribution in [0.5, 0.6) is 0 Å². The third kappa shape index (κ3) is 52.5. The minimum atomic E-state index is -0.821. The van der Waals surface area contributed by atoms with Crippen LogP contribution in [0.4, 0.5) is 0 Å². The molecule has 6 nitrogen and oxygen atoms in total. The van der Waals surface area contributed by atoms with Crippen LogP contribution in [0.3, 0.4) is 0 Å². The number of carbonyl (C=O) groups is 3. The molecule has 0 aliphatic rings. The second kappa shape index (κ2) is 55.1. The van der Waals surface area contributed by atoms with Crippen molar-refractivity contribution in [1.82, 2.24) is 0 Å². The standard InChI is InChI=1S/C62H98O6/c1-4-7-10-13-16-19-22-25-28-30-31-32-35-37-40-43-46-49-52-55-61(64)67-58-59(57-66-60(63)54-51-48-45-42-39-36-33-27-24-21-18-15-12-9-6-3)68-62(65)56-53-50-47-44-41-38-34-29-26-23-20-17-14-11-8-5-2/h7,9-10,12,15-16,18-19,21,24-25,27-29,31-34,37-38,40-41,59H,4-6,8,11,13-14,17,20,22-23,26,30,35-36,39,42-58H2,1-3H3/b10-7-,12-9-,18-15-,19-16-,24-21-,28-25-,32-31-,33-27-,34-29-,40-37-,41-38-. The number of rotatable bonds is 47. The van der Waals surface area contributed by atoms with E-state index in [2.05, 4.69) is 130 Å². The number of hydrogen-bond donors (Lipinski definition) is 0. The van der Waals surface area contributed by atoms with Gasteiger partial charge in [-0.05, 0) is 109 Å². The van der Waals surface area contributed by atoms with Crippen LogP contribution in [-0.4, -0.2) is 37.2 Å². The van der Waals surface area contributed by atoms with Crippen LogP contribution in [-0.2, 0) is 28.6 Å². The Labute approximate surface area is 417 Å². The number of unbranched alkanes of at least 4 members (excludes halogenated alkanes) is 18. The van der Waals surface area contributed by atoms with E-state index in [9.17, 15) is 14.4 Å². The lowest BCUT2D eigenvalue weighted by Crippen LogP contribution is -2.30. The summed E-state index contributed by atoms with van der Waals surface area (Å²) >= 11 is 0. The molecule has 0 saturated carbocycles. The highest BCUT2D eigenvalue weighted by Crippen LogP contribution is 2.12. The van der Waals surface area contributed by atoms with Gasteiger partial charge in [-0.3, -0.25) is 14.4 Å². The predicted octanol–water partition coefficient (Wildman–Crippen LogP) is 18.3. The van der Waals surface area contributed by atoms with E-state index < -0.39 is 6.10 Å². The third-order valence-corrected chi connectivity index (χ3v) is 11.0. The van der Waals surface area contributed by atoms with E-state index in [1.165, 1.54) is 44.9 Å². The Bertz CT molecular complexity index is 1500. The van der Waals surface area contributed by atoms with Crippen molar-refractivity contribution in [2.75, 3.05) is 13.2 Å². The van der Waals surface area contributed by atoms with Crippen molar-refractivity contribution in [3.05, 3.63) is 134 Å². The zero-order valence-electron chi connectivity index (χ0n) is 43.6. The molecule has 0 rings (SSSR count). The number of allylic oxidation sites excluding steroid dienone is 22. The monoisotopic (exact) mass is 939 g/mol. The van der Waals surface area contributed by atoms with Crippen LogP contribution in [0.1, 0.15) is 220 Å². The zero-order valence-corrected chi connectivity index (χ0v) is 43.6. The first kappa shape index (κ1) is 63.5. The highest BCUT2D eigenvalue weighted by Gasteiger charge is 2.19. The molecular weight excluding hydrogens is 841 g/mol. The maximum Gasteiger partial charge on any atom is 0.306 e. The van der Waals surface area contributed by atoms with Gasteiger partial charge in [0.05, 0.1) is 0 Å². The number of hydrogen-bond acceptors (Lipinski definition) is 6. The Balaban J connectivity index is 4.56. The van der Waals surface area contributed by atoms with E-state index in [0.717, 1.165) is 135 Å². The molecule has 0 N–H and O–H groups in total. The van der Waals surface area contributed by atoms with Crippen molar-refractivity contribution in [1.29, 1.82) is 0 Å². The Morgan fingerprint density at radius 1 is 0.324 bits per heavy atom. The van der Waals surface area contributed by atoms with Crippen LogP contribution < -0.4 is 0 Å². The van der Waals surface area contributed by atoms with Crippen LogP contribution in [0.2, 0.25) is 0 Å². The Kier molecular flexibility index (Phi) is 51.5. The summed E-state index contributed by atoms with van der Waals surface area (Å²) in [6, 6.07) is 0. The van der Waals surface area contributed by atoms with Crippen molar-refractivity contribution in [2.24, 2.45) is 0 Å². The first-order valence-electron chi connectivity index (χ1n) is 27.3. The second-order valence-electron chi connectivity index (χ2n) is 17.5. The van der Waals surface area contributed by atoms with E-state index in [-0.39, 0.29) is 37.5 Å². The van der Waals surface area contributed by atoms with Gasteiger partial charge in [-0.2, -0.15) is 0 Å². The van der Waals surface area contributed by atoms with Gasteiger partial charge in [0.25, 0.3) is 0 Å². The minimum absolute atomic E-state index is 0.117. The fourth-order valence-corrected chi connectivity index (χ4v) is 6.94. The average molecular weight is 939 g/mol. The van der Waals surface area contributed by atoms with E-state index in [0.29, 0.717) is 12.8 Å².